The highest BCUT2D eigenvalue weighted by atomic mass is 35.5. The van der Waals surface area contributed by atoms with Crippen LogP contribution in [0.3, 0.4) is 0 Å². The van der Waals surface area contributed by atoms with Crippen LogP contribution in [0.5, 0.6) is 11.5 Å². The molecular weight excluding hydrogens is 452 g/mol. The van der Waals surface area contributed by atoms with E-state index in [1.54, 1.807) is 49.6 Å². The first-order valence-corrected chi connectivity index (χ1v) is 11.4. The summed E-state index contributed by atoms with van der Waals surface area (Å²) in [6.07, 6.45) is 0. The molecule has 0 atom stereocenters. The molecule has 3 aromatic carbocycles. The summed E-state index contributed by atoms with van der Waals surface area (Å²) >= 11 is 5.98. The first-order chi connectivity index (χ1) is 15.3. The summed E-state index contributed by atoms with van der Waals surface area (Å²) in [5, 5.41) is 3.21. The van der Waals surface area contributed by atoms with Crippen LogP contribution >= 0.6 is 11.6 Å². The minimum atomic E-state index is -3.88. The molecule has 0 bridgehead atoms. The molecule has 0 aliphatic carbocycles. The molecule has 0 aliphatic rings. The second-order valence-corrected chi connectivity index (χ2v) is 9.26. The van der Waals surface area contributed by atoms with Gasteiger partial charge in [0.25, 0.3) is 15.9 Å². The molecule has 3 aromatic rings. The molecule has 0 saturated carbocycles. The van der Waals surface area contributed by atoms with Crippen molar-refractivity contribution in [3.63, 3.8) is 0 Å². The number of amides is 1. The van der Waals surface area contributed by atoms with Gasteiger partial charge in [0.05, 0.1) is 24.8 Å². The molecule has 0 radical (unpaired) electrons. The highest BCUT2D eigenvalue weighted by Gasteiger charge is 2.22. The molecule has 0 saturated heterocycles. The lowest BCUT2D eigenvalue weighted by Crippen LogP contribution is -2.27. The van der Waals surface area contributed by atoms with E-state index in [1.807, 2.05) is 6.07 Å². The van der Waals surface area contributed by atoms with Gasteiger partial charge in [-0.2, -0.15) is 0 Å². The van der Waals surface area contributed by atoms with Gasteiger partial charge in [0.15, 0.2) is 11.5 Å². The zero-order chi connectivity index (χ0) is 23.3. The van der Waals surface area contributed by atoms with Crippen LogP contribution in [0.2, 0.25) is 5.02 Å². The van der Waals surface area contributed by atoms with E-state index in [0.29, 0.717) is 22.2 Å². The van der Waals surface area contributed by atoms with Gasteiger partial charge in [0.2, 0.25) is 0 Å². The Morgan fingerprint density at radius 2 is 1.69 bits per heavy atom. The van der Waals surface area contributed by atoms with Crippen molar-refractivity contribution in [2.45, 2.75) is 11.4 Å². The SMILES string of the molecule is COc1ccc(CNC(=O)c2cccc(S(=O)(=O)N(C)c3cccc(Cl)c3)c2)cc1OC. The standard InChI is InChI=1S/C23H23ClN2O5S/c1-26(19-8-5-7-18(24)14-19)32(28,29)20-9-4-6-17(13-20)23(27)25-15-16-10-11-21(30-2)22(12-16)31-3/h4-14H,15H2,1-3H3,(H,25,27). The van der Waals surface area contributed by atoms with E-state index in [0.717, 1.165) is 9.87 Å². The summed E-state index contributed by atoms with van der Waals surface area (Å²) in [4.78, 5) is 12.7. The monoisotopic (exact) mass is 474 g/mol. The Labute approximate surface area is 192 Å². The van der Waals surface area contributed by atoms with E-state index < -0.39 is 15.9 Å². The van der Waals surface area contributed by atoms with E-state index in [-0.39, 0.29) is 17.0 Å². The van der Waals surface area contributed by atoms with Crippen LogP contribution in [-0.2, 0) is 16.6 Å². The fourth-order valence-corrected chi connectivity index (χ4v) is 4.46. The third kappa shape index (κ3) is 5.15. The van der Waals surface area contributed by atoms with Gasteiger partial charge in [-0.25, -0.2) is 8.42 Å². The number of methoxy groups -OCH3 is 2. The van der Waals surface area contributed by atoms with Crippen LogP contribution in [0.25, 0.3) is 0 Å². The molecule has 0 heterocycles. The zero-order valence-corrected chi connectivity index (χ0v) is 19.4. The summed E-state index contributed by atoms with van der Waals surface area (Å²) in [6, 6.07) is 17.7. The van der Waals surface area contributed by atoms with E-state index in [9.17, 15) is 13.2 Å². The quantitative estimate of drug-likeness (QED) is 0.531. The number of benzene rings is 3. The molecule has 7 nitrogen and oxygen atoms in total. The molecule has 3 rings (SSSR count). The van der Waals surface area contributed by atoms with Crippen molar-refractivity contribution in [2.75, 3.05) is 25.6 Å². The van der Waals surface area contributed by atoms with Gasteiger partial charge in [-0.1, -0.05) is 29.8 Å². The Morgan fingerprint density at radius 3 is 2.38 bits per heavy atom. The maximum Gasteiger partial charge on any atom is 0.264 e. The van der Waals surface area contributed by atoms with Gasteiger partial charge < -0.3 is 14.8 Å². The summed E-state index contributed by atoms with van der Waals surface area (Å²) in [5.74, 6) is 0.739. The lowest BCUT2D eigenvalue weighted by molar-refractivity contribution is 0.0950. The van der Waals surface area contributed by atoms with Gasteiger partial charge in [-0.15, -0.1) is 0 Å². The van der Waals surface area contributed by atoms with Gasteiger partial charge in [-0.05, 0) is 54.1 Å². The fourth-order valence-electron chi connectivity index (χ4n) is 3.04. The summed E-state index contributed by atoms with van der Waals surface area (Å²) in [7, 11) is 0.631. The number of carbonyl (C=O) groups excluding carboxylic acids is 1. The lowest BCUT2D eigenvalue weighted by atomic mass is 10.1. The topological polar surface area (TPSA) is 84.9 Å². The number of halogens is 1. The number of hydrogen-bond donors (Lipinski definition) is 1. The van der Waals surface area contributed by atoms with Crippen molar-refractivity contribution in [3.05, 3.63) is 82.9 Å². The predicted molar refractivity (Wildman–Crippen MR) is 124 cm³/mol. The third-order valence-electron chi connectivity index (χ3n) is 4.83. The molecule has 32 heavy (non-hydrogen) atoms. The molecule has 0 aromatic heterocycles. The maximum atomic E-state index is 13.1. The summed E-state index contributed by atoms with van der Waals surface area (Å²) < 4.78 is 37.7. The minimum absolute atomic E-state index is 0.00116. The number of hydrogen-bond acceptors (Lipinski definition) is 5. The van der Waals surface area contributed by atoms with Crippen molar-refractivity contribution in [1.82, 2.24) is 5.32 Å². The Balaban J connectivity index is 1.77. The molecule has 9 heteroatoms. The van der Waals surface area contributed by atoms with Crippen molar-refractivity contribution in [3.8, 4) is 11.5 Å². The average molecular weight is 475 g/mol. The van der Waals surface area contributed by atoms with E-state index in [2.05, 4.69) is 5.32 Å². The van der Waals surface area contributed by atoms with Crippen LogP contribution < -0.4 is 19.1 Å². The van der Waals surface area contributed by atoms with Gasteiger partial charge >= 0.3 is 0 Å². The van der Waals surface area contributed by atoms with Crippen LogP contribution in [0.1, 0.15) is 15.9 Å². The maximum absolute atomic E-state index is 13.1. The fraction of sp³-hybridized carbons (Fsp3) is 0.174. The van der Waals surface area contributed by atoms with Crippen LogP contribution in [0.4, 0.5) is 5.69 Å². The van der Waals surface area contributed by atoms with Crippen molar-refractivity contribution >= 4 is 33.2 Å². The molecule has 1 N–H and O–H groups in total. The lowest BCUT2D eigenvalue weighted by Gasteiger charge is -2.20. The molecule has 0 unspecified atom stereocenters. The number of carbonyl (C=O) groups is 1. The molecule has 168 valence electrons. The third-order valence-corrected chi connectivity index (χ3v) is 6.84. The Bertz CT molecular complexity index is 1230. The van der Waals surface area contributed by atoms with E-state index in [1.165, 1.54) is 32.4 Å². The first kappa shape index (κ1) is 23.4. The zero-order valence-electron chi connectivity index (χ0n) is 17.8. The number of anilines is 1. The molecule has 0 fully saturated rings. The first-order valence-electron chi connectivity index (χ1n) is 9.60. The predicted octanol–water partition coefficient (Wildman–Crippen LogP) is 4.11. The van der Waals surface area contributed by atoms with Crippen molar-refractivity contribution in [1.29, 1.82) is 0 Å². The van der Waals surface area contributed by atoms with Gasteiger partial charge in [-0.3, -0.25) is 9.10 Å². The second-order valence-electron chi connectivity index (χ2n) is 6.85. The molecule has 0 spiro atoms. The number of sulfonamides is 1. The van der Waals surface area contributed by atoms with Crippen LogP contribution in [-0.4, -0.2) is 35.6 Å². The molecular formula is C23H23ClN2O5S. The van der Waals surface area contributed by atoms with Crippen LogP contribution in [0.15, 0.2) is 71.6 Å². The van der Waals surface area contributed by atoms with Gasteiger partial charge in [0.1, 0.15) is 0 Å². The summed E-state index contributed by atoms with van der Waals surface area (Å²) in [6.45, 7) is 0.235. The highest BCUT2D eigenvalue weighted by Crippen LogP contribution is 2.28. The largest absolute Gasteiger partial charge is 0.493 e. The average Bonchev–Trinajstić information content (AvgIpc) is 2.81. The normalized spacial score (nSPS) is 11.0. The summed E-state index contributed by atoms with van der Waals surface area (Å²) in [5.41, 5.74) is 1.45. The number of nitrogens with zero attached hydrogens (tertiary/aromatic N) is 1. The van der Waals surface area contributed by atoms with Crippen molar-refractivity contribution in [2.24, 2.45) is 0 Å². The second kappa shape index (κ2) is 9.93. The van der Waals surface area contributed by atoms with Gasteiger partial charge in [0, 0.05) is 24.2 Å². The number of nitrogens with one attached hydrogen (secondary N) is 1. The van der Waals surface area contributed by atoms with Crippen LogP contribution in [0, 0.1) is 0 Å². The number of rotatable bonds is 8. The van der Waals surface area contributed by atoms with E-state index >= 15 is 0 Å². The van der Waals surface area contributed by atoms with Crippen molar-refractivity contribution < 1.29 is 22.7 Å². The molecule has 1 amide bonds. The Hall–Kier alpha value is -3.23. The minimum Gasteiger partial charge on any atom is -0.493 e. The van der Waals surface area contributed by atoms with E-state index in [4.69, 9.17) is 21.1 Å². The number of ether oxygens (including phenoxy) is 2. The highest BCUT2D eigenvalue weighted by molar-refractivity contribution is 7.92. The smallest absolute Gasteiger partial charge is 0.264 e. The Kier molecular flexibility index (Phi) is 7.27. The Morgan fingerprint density at radius 1 is 0.969 bits per heavy atom. The molecule has 0 aliphatic heterocycles.